The molecule has 18 heavy (non-hydrogen) atoms. The van der Waals surface area contributed by atoms with Gasteiger partial charge < -0.3 is 4.74 Å². The summed E-state index contributed by atoms with van der Waals surface area (Å²) < 4.78 is 5.04. The maximum atomic E-state index is 11.3. The van der Waals surface area contributed by atoms with E-state index < -0.39 is 10.9 Å². The highest BCUT2D eigenvalue weighted by Crippen LogP contribution is 2.28. The van der Waals surface area contributed by atoms with Crippen LogP contribution in [-0.2, 0) is 16.0 Å². The standard InChI is InChI=1S/C11H9BrN2O4/c1-2-18-11(15)5-7-3-9(12)8(6-13)10(4-7)14(16)17/h3-4H,2,5H2,1H3. The van der Waals surface area contributed by atoms with Gasteiger partial charge in [-0.3, -0.25) is 14.9 Å². The third-order valence-electron chi connectivity index (χ3n) is 2.09. The minimum absolute atomic E-state index is 0.0624. The van der Waals surface area contributed by atoms with Crippen LogP contribution < -0.4 is 0 Å². The quantitative estimate of drug-likeness (QED) is 0.483. The molecule has 0 amide bonds. The molecule has 0 bridgehead atoms. The first-order valence-electron chi connectivity index (χ1n) is 5.02. The average molecular weight is 313 g/mol. The van der Waals surface area contributed by atoms with E-state index >= 15 is 0 Å². The minimum atomic E-state index is -0.655. The first kappa shape index (κ1) is 14.1. The normalized spacial score (nSPS) is 9.61. The molecular formula is C11H9BrN2O4. The van der Waals surface area contributed by atoms with Crippen molar-refractivity contribution < 1.29 is 14.5 Å². The number of rotatable bonds is 4. The number of hydrogen-bond donors (Lipinski definition) is 0. The van der Waals surface area contributed by atoms with Crippen LogP contribution in [0.4, 0.5) is 5.69 Å². The fraction of sp³-hybridized carbons (Fsp3) is 0.273. The molecule has 0 atom stereocenters. The van der Waals surface area contributed by atoms with Crippen molar-refractivity contribution in [3.05, 3.63) is 37.8 Å². The number of nitriles is 1. The van der Waals surface area contributed by atoms with Gasteiger partial charge in [0.15, 0.2) is 0 Å². The van der Waals surface area contributed by atoms with Gasteiger partial charge >= 0.3 is 5.97 Å². The summed E-state index contributed by atoms with van der Waals surface area (Å²) in [6.07, 6.45) is -0.0704. The first-order valence-corrected chi connectivity index (χ1v) is 5.81. The van der Waals surface area contributed by atoms with Gasteiger partial charge in [-0.2, -0.15) is 5.26 Å². The molecule has 0 aromatic heterocycles. The molecule has 0 N–H and O–H groups in total. The lowest BCUT2D eigenvalue weighted by Crippen LogP contribution is -2.08. The maximum Gasteiger partial charge on any atom is 0.310 e. The van der Waals surface area contributed by atoms with Gasteiger partial charge in [0.1, 0.15) is 11.6 Å². The Morgan fingerprint density at radius 3 is 2.78 bits per heavy atom. The van der Waals surface area contributed by atoms with Gasteiger partial charge in [-0.25, -0.2) is 0 Å². The summed E-state index contributed by atoms with van der Waals surface area (Å²) in [5.41, 5.74) is 0.0322. The number of esters is 1. The van der Waals surface area contributed by atoms with E-state index in [-0.39, 0.29) is 24.3 Å². The lowest BCUT2D eigenvalue weighted by Gasteiger charge is -2.04. The summed E-state index contributed by atoms with van der Waals surface area (Å²) in [7, 11) is 0. The molecule has 0 fully saturated rings. The molecule has 0 aliphatic heterocycles. The molecule has 0 saturated carbocycles. The fourth-order valence-corrected chi connectivity index (χ4v) is 1.97. The Morgan fingerprint density at radius 2 is 2.28 bits per heavy atom. The SMILES string of the molecule is CCOC(=O)Cc1cc(Br)c(C#N)c([N+](=O)[O-])c1. The van der Waals surface area contributed by atoms with Crippen molar-refractivity contribution in [3.63, 3.8) is 0 Å². The molecule has 1 aromatic carbocycles. The van der Waals surface area contributed by atoms with Crippen LogP contribution in [0.1, 0.15) is 18.1 Å². The van der Waals surface area contributed by atoms with E-state index in [2.05, 4.69) is 15.9 Å². The monoisotopic (exact) mass is 312 g/mol. The molecular weight excluding hydrogens is 304 g/mol. The van der Waals surface area contributed by atoms with E-state index in [1.165, 1.54) is 12.1 Å². The molecule has 6 nitrogen and oxygen atoms in total. The van der Waals surface area contributed by atoms with Gasteiger partial charge in [0.05, 0.1) is 18.0 Å². The Balaban J connectivity index is 3.14. The smallest absolute Gasteiger partial charge is 0.310 e. The zero-order chi connectivity index (χ0) is 13.7. The van der Waals surface area contributed by atoms with E-state index in [0.29, 0.717) is 10.0 Å². The highest BCUT2D eigenvalue weighted by molar-refractivity contribution is 9.10. The number of carbonyl (C=O) groups excluding carboxylic acids is 1. The topological polar surface area (TPSA) is 93.2 Å². The zero-order valence-corrected chi connectivity index (χ0v) is 11.1. The first-order chi connectivity index (χ1) is 8.49. The van der Waals surface area contributed by atoms with Gasteiger partial charge in [-0.05, 0) is 34.5 Å². The lowest BCUT2D eigenvalue weighted by atomic mass is 10.1. The minimum Gasteiger partial charge on any atom is -0.466 e. The molecule has 0 saturated heterocycles. The Morgan fingerprint density at radius 1 is 1.61 bits per heavy atom. The van der Waals surface area contributed by atoms with Crippen molar-refractivity contribution >= 4 is 27.6 Å². The van der Waals surface area contributed by atoms with Crippen molar-refractivity contribution in [2.24, 2.45) is 0 Å². The van der Waals surface area contributed by atoms with Crippen LogP contribution in [0.2, 0.25) is 0 Å². The van der Waals surface area contributed by atoms with E-state index in [1.54, 1.807) is 13.0 Å². The summed E-state index contributed by atoms with van der Waals surface area (Å²) in [4.78, 5) is 21.4. The van der Waals surface area contributed by atoms with E-state index in [4.69, 9.17) is 10.00 Å². The predicted molar refractivity (Wildman–Crippen MR) is 65.8 cm³/mol. The van der Waals surface area contributed by atoms with Crippen molar-refractivity contribution in [2.75, 3.05) is 6.61 Å². The summed E-state index contributed by atoms with van der Waals surface area (Å²) in [5.74, 6) is -0.469. The summed E-state index contributed by atoms with van der Waals surface area (Å²) in [6, 6.07) is 4.46. The number of carbonyl (C=O) groups is 1. The van der Waals surface area contributed by atoms with Gasteiger partial charge in [-0.15, -0.1) is 0 Å². The molecule has 0 heterocycles. The number of nitrogens with zero attached hydrogens (tertiary/aromatic N) is 2. The van der Waals surface area contributed by atoms with E-state index in [9.17, 15) is 14.9 Å². The van der Waals surface area contributed by atoms with E-state index in [1.807, 2.05) is 0 Å². The molecule has 0 aliphatic rings. The van der Waals surface area contributed by atoms with Crippen LogP contribution >= 0.6 is 15.9 Å². The van der Waals surface area contributed by atoms with Crippen molar-refractivity contribution in [3.8, 4) is 6.07 Å². The molecule has 0 radical (unpaired) electrons. The lowest BCUT2D eigenvalue weighted by molar-refractivity contribution is -0.385. The van der Waals surface area contributed by atoms with Gasteiger partial charge in [-0.1, -0.05) is 0 Å². The highest BCUT2D eigenvalue weighted by Gasteiger charge is 2.19. The Kier molecular flexibility index (Phi) is 4.80. The second-order valence-corrected chi connectivity index (χ2v) is 4.18. The highest BCUT2D eigenvalue weighted by atomic mass is 79.9. The number of nitro groups is 1. The molecule has 1 rings (SSSR count). The Labute approximate surface area is 111 Å². The van der Waals surface area contributed by atoms with Crippen molar-refractivity contribution in [1.29, 1.82) is 5.26 Å². The van der Waals surface area contributed by atoms with Gasteiger partial charge in [0, 0.05) is 10.5 Å². The maximum absolute atomic E-state index is 11.3. The van der Waals surface area contributed by atoms with Gasteiger partial charge in [0.25, 0.3) is 5.69 Å². The number of benzene rings is 1. The molecule has 0 unspecified atom stereocenters. The molecule has 0 aliphatic carbocycles. The van der Waals surface area contributed by atoms with Crippen LogP contribution in [0.3, 0.4) is 0 Å². The van der Waals surface area contributed by atoms with Crippen LogP contribution in [0.15, 0.2) is 16.6 Å². The molecule has 94 valence electrons. The van der Waals surface area contributed by atoms with Crippen LogP contribution in [-0.4, -0.2) is 17.5 Å². The van der Waals surface area contributed by atoms with Crippen LogP contribution in [0.5, 0.6) is 0 Å². The van der Waals surface area contributed by atoms with Crippen molar-refractivity contribution in [2.45, 2.75) is 13.3 Å². The zero-order valence-electron chi connectivity index (χ0n) is 9.47. The molecule has 0 spiro atoms. The van der Waals surface area contributed by atoms with Crippen molar-refractivity contribution in [1.82, 2.24) is 0 Å². The Bertz CT molecular complexity index is 537. The average Bonchev–Trinajstić information content (AvgIpc) is 2.28. The third-order valence-corrected chi connectivity index (χ3v) is 2.72. The summed E-state index contributed by atoms with van der Waals surface area (Å²) >= 11 is 3.08. The number of ether oxygens (including phenoxy) is 1. The molecule has 1 aromatic rings. The number of halogens is 1. The van der Waals surface area contributed by atoms with Crippen LogP contribution in [0.25, 0.3) is 0 Å². The second-order valence-electron chi connectivity index (χ2n) is 3.32. The predicted octanol–water partition coefficient (Wildman–Crippen LogP) is 2.33. The molecule has 7 heteroatoms. The van der Waals surface area contributed by atoms with Gasteiger partial charge in [0.2, 0.25) is 0 Å². The number of nitro benzene ring substituents is 1. The fourth-order valence-electron chi connectivity index (χ4n) is 1.38. The Hall–Kier alpha value is -1.94. The number of hydrogen-bond acceptors (Lipinski definition) is 5. The third kappa shape index (κ3) is 3.28. The van der Waals surface area contributed by atoms with E-state index in [0.717, 1.165) is 0 Å². The summed E-state index contributed by atoms with van der Waals surface area (Å²) in [6.45, 7) is 1.92. The van der Waals surface area contributed by atoms with Crippen LogP contribution in [0, 0.1) is 21.4 Å². The summed E-state index contributed by atoms with van der Waals surface area (Å²) in [5, 5.41) is 19.6. The second kappa shape index (κ2) is 6.12. The largest absolute Gasteiger partial charge is 0.466 e.